The Morgan fingerprint density at radius 1 is 1.59 bits per heavy atom. The molecule has 2 N–H and O–H groups in total. The zero-order valence-electron chi connectivity index (χ0n) is 10.4. The Kier molecular flexibility index (Phi) is 3.84. The van der Waals surface area contributed by atoms with E-state index >= 15 is 0 Å². The van der Waals surface area contributed by atoms with Crippen molar-refractivity contribution < 1.29 is 4.79 Å². The Morgan fingerprint density at radius 2 is 2.29 bits per heavy atom. The summed E-state index contributed by atoms with van der Waals surface area (Å²) in [4.78, 5) is 15.5. The van der Waals surface area contributed by atoms with E-state index in [2.05, 4.69) is 6.07 Å². The summed E-state index contributed by atoms with van der Waals surface area (Å²) in [6, 6.07) is 4.16. The first-order valence-corrected chi connectivity index (χ1v) is 7.06. The van der Waals surface area contributed by atoms with Crippen LogP contribution >= 0.6 is 11.3 Å². The molecule has 1 aliphatic carbocycles. The summed E-state index contributed by atoms with van der Waals surface area (Å²) in [6.07, 6.45) is 2.25. The Labute approximate surface area is 107 Å². The lowest BCUT2D eigenvalue weighted by atomic mass is 10.0. The average Bonchev–Trinajstić information content (AvgIpc) is 3.01. The maximum atomic E-state index is 12.3. The number of hydrogen-bond acceptors (Lipinski definition) is 3. The lowest BCUT2D eigenvalue weighted by Gasteiger charge is -2.26. The normalized spacial score (nSPS) is 17.2. The van der Waals surface area contributed by atoms with Gasteiger partial charge in [0.2, 0.25) is 5.91 Å². The fourth-order valence-corrected chi connectivity index (χ4v) is 2.52. The third kappa shape index (κ3) is 3.07. The van der Waals surface area contributed by atoms with Crippen LogP contribution in [-0.2, 0) is 11.3 Å². The molecule has 1 aromatic rings. The fraction of sp³-hybridized carbons (Fsp3) is 0.615. The van der Waals surface area contributed by atoms with Gasteiger partial charge in [-0.15, -0.1) is 11.3 Å². The second-order valence-electron chi connectivity index (χ2n) is 5.05. The highest BCUT2D eigenvalue weighted by atomic mass is 32.1. The topological polar surface area (TPSA) is 46.3 Å². The average molecular weight is 252 g/mol. The van der Waals surface area contributed by atoms with Gasteiger partial charge >= 0.3 is 0 Å². The van der Waals surface area contributed by atoms with Gasteiger partial charge < -0.3 is 10.6 Å². The Morgan fingerprint density at radius 3 is 2.76 bits per heavy atom. The molecule has 0 spiro atoms. The lowest BCUT2D eigenvalue weighted by molar-refractivity contribution is -0.134. The third-order valence-corrected chi connectivity index (χ3v) is 4.04. The molecular weight excluding hydrogens is 232 g/mol. The largest absolute Gasteiger partial charge is 0.333 e. The summed E-state index contributed by atoms with van der Waals surface area (Å²) in [7, 11) is 0. The molecule has 1 amide bonds. The highest BCUT2D eigenvalue weighted by Gasteiger charge is 2.35. The van der Waals surface area contributed by atoms with Gasteiger partial charge in [-0.05, 0) is 30.2 Å². The summed E-state index contributed by atoms with van der Waals surface area (Å²) < 4.78 is 0. The van der Waals surface area contributed by atoms with E-state index < -0.39 is 0 Å². The summed E-state index contributed by atoms with van der Waals surface area (Å²) >= 11 is 1.70. The molecule has 1 aliphatic rings. The summed E-state index contributed by atoms with van der Waals surface area (Å²) in [5.74, 6) is 0.308. The highest BCUT2D eigenvalue weighted by Crippen LogP contribution is 2.30. The zero-order chi connectivity index (χ0) is 12.4. The number of rotatable bonds is 5. The molecule has 0 radical (unpaired) electrons. The smallest absolute Gasteiger partial charge is 0.240 e. The van der Waals surface area contributed by atoms with E-state index in [-0.39, 0.29) is 17.9 Å². The molecule has 3 nitrogen and oxygen atoms in total. The molecule has 0 aromatic carbocycles. The number of amides is 1. The SMILES string of the molecule is CC(C)C(N)C(=O)N(Cc1cccs1)C1CC1. The van der Waals surface area contributed by atoms with E-state index in [0.29, 0.717) is 6.04 Å². The van der Waals surface area contributed by atoms with Crippen molar-refractivity contribution in [3.63, 3.8) is 0 Å². The van der Waals surface area contributed by atoms with E-state index in [1.807, 2.05) is 30.2 Å². The van der Waals surface area contributed by atoms with Crippen molar-refractivity contribution >= 4 is 17.2 Å². The van der Waals surface area contributed by atoms with Crippen molar-refractivity contribution in [1.29, 1.82) is 0 Å². The standard InChI is InChI=1S/C13H20N2OS/c1-9(2)12(14)13(16)15(10-5-6-10)8-11-4-3-7-17-11/h3-4,7,9-10,12H,5-6,8,14H2,1-2H3. The predicted molar refractivity (Wildman–Crippen MR) is 70.7 cm³/mol. The third-order valence-electron chi connectivity index (χ3n) is 3.18. The van der Waals surface area contributed by atoms with Gasteiger partial charge in [0.25, 0.3) is 0 Å². The van der Waals surface area contributed by atoms with Crippen molar-refractivity contribution in [2.24, 2.45) is 11.7 Å². The van der Waals surface area contributed by atoms with Crippen LogP contribution in [0.5, 0.6) is 0 Å². The molecule has 0 aliphatic heterocycles. The molecule has 1 unspecified atom stereocenters. The number of hydrogen-bond donors (Lipinski definition) is 1. The minimum Gasteiger partial charge on any atom is -0.333 e. The second-order valence-corrected chi connectivity index (χ2v) is 6.08. The minimum absolute atomic E-state index is 0.107. The van der Waals surface area contributed by atoms with Crippen LogP contribution in [0, 0.1) is 5.92 Å². The summed E-state index contributed by atoms with van der Waals surface area (Å²) in [5, 5.41) is 2.05. The summed E-state index contributed by atoms with van der Waals surface area (Å²) in [6.45, 7) is 4.72. The molecule has 1 aromatic heterocycles. The van der Waals surface area contributed by atoms with Crippen LogP contribution in [0.25, 0.3) is 0 Å². The van der Waals surface area contributed by atoms with Gasteiger partial charge in [-0.2, -0.15) is 0 Å². The first-order chi connectivity index (χ1) is 8.09. The van der Waals surface area contributed by atoms with E-state index in [0.717, 1.165) is 19.4 Å². The number of carbonyl (C=O) groups is 1. The lowest BCUT2D eigenvalue weighted by Crippen LogP contribution is -2.47. The first kappa shape index (κ1) is 12.6. The van der Waals surface area contributed by atoms with Crippen molar-refractivity contribution in [1.82, 2.24) is 4.90 Å². The molecule has 4 heteroatoms. The van der Waals surface area contributed by atoms with Gasteiger partial charge in [-0.1, -0.05) is 19.9 Å². The van der Waals surface area contributed by atoms with Gasteiger partial charge in [-0.3, -0.25) is 4.79 Å². The van der Waals surface area contributed by atoms with Gasteiger partial charge in [0.15, 0.2) is 0 Å². The molecule has 1 atom stereocenters. The van der Waals surface area contributed by atoms with Crippen molar-refractivity contribution in [3.8, 4) is 0 Å². The van der Waals surface area contributed by atoms with Crippen LogP contribution in [0.3, 0.4) is 0 Å². The first-order valence-electron chi connectivity index (χ1n) is 6.18. The van der Waals surface area contributed by atoms with Crippen molar-refractivity contribution in [3.05, 3.63) is 22.4 Å². The monoisotopic (exact) mass is 252 g/mol. The Bertz CT molecular complexity index is 371. The molecule has 17 heavy (non-hydrogen) atoms. The van der Waals surface area contributed by atoms with Gasteiger partial charge in [-0.25, -0.2) is 0 Å². The van der Waals surface area contributed by atoms with Gasteiger partial charge in [0, 0.05) is 10.9 Å². The van der Waals surface area contributed by atoms with Crippen LogP contribution in [0.4, 0.5) is 0 Å². The molecule has 1 fully saturated rings. The molecule has 2 rings (SSSR count). The number of nitrogens with two attached hydrogens (primary N) is 1. The van der Waals surface area contributed by atoms with E-state index in [9.17, 15) is 4.79 Å². The molecular formula is C13H20N2OS. The fourth-order valence-electron chi connectivity index (χ4n) is 1.82. The van der Waals surface area contributed by atoms with Crippen LogP contribution in [0.15, 0.2) is 17.5 Å². The van der Waals surface area contributed by atoms with E-state index in [1.54, 1.807) is 11.3 Å². The maximum absolute atomic E-state index is 12.3. The molecule has 1 saturated carbocycles. The second kappa shape index (κ2) is 5.19. The predicted octanol–water partition coefficient (Wildman–Crippen LogP) is 2.22. The minimum atomic E-state index is -0.365. The van der Waals surface area contributed by atoms with Crippen LogP contribution < -0.4 is 5.73 Å². The Balaban J connectivity index is 2.04. The molecule has 1 heterocycles. The van der Waals surface area contributed by atoms with Gasteiger partial charge in [0.05, 0.1) is 12.6 Å². The summed E-state index contributed by atoms with van der Waals surface area (Å²) in [5.41, 5.74) is 5.97. The number of thiophene rings is 1. The Hall–Kier alpha value is -0.870. The van der Waals surface area contributed by atoms with Crippen LogP contribution in [0.1, 0.15) is 31.6 Å². The number of nitrogens with zero attached hydrogens (tertiary/aromatic N) is 1. The maximum Gasteiger partial charge on any atom is 0.240 e. The van der Waals surface area contributed by atoms with Crippen LogP contribution in [0.2, 0.25) is 0 Å². The van der Waals surface area contributed by atoms with Crippen molar-refractivity contribution in [2.45, 2.75) is 45.3 Å². The zero-order valence-corrected chi connectivity index (χ0v) is 11.2. The molecule has 94 valence electrons. The molecule has 0 bridgehead atoms. The van der Waals surface area contributed by atoms with Crippen molar-refractivity contribution in [2.75, 3.05) is 0 Å². The van der Waals surface area contributed by atoms with Crippen LogP contribution in [-0.4, -0.2) is 22.9 Å². The van der Waals surface area contributed by atoms with E-state index in [1.165, 1.54) is 4.88 Å². The van der Waals surface area contributed by atoms with E-state index in [4.69, 9.17) is 5.73 Å². The van der Waals surface area contributed by atoms with Gasteiger partial charge in [0.1, 0.15) is 0 Å². The quantitative estimate of drug-likeness (QED) is 0.873. The highest BCUT2D eigenvalue weighted by molar-refractivity contribution is 7.09. The molecule has 0 saturated heterocycles. The number of carbonyl (C=O) groups excluding carboxylic acids is 1.